The van der Waals surface area contributed by atoms with Gasteiger partial charge in [0.2, 0.25) is 5.91 Å². The second-order valence-corrected chi connectivity index (χ2v) is 15.2. The molecule has 1 unspecified atom stereocenters. The van der Waals surface area contributed by atoms with E-state index in [9.17, 15) is 19.5 Å². The molecule has 0 radical (unpaired) electrons. The fourth-order valence-corrected chi connectivity index (χ4v) is 7.73. The van der Waals surface area contributed by atoms with Crippen molar-refractivity contribution in [1.82, 2.24) is 44.3 Å². The molecule has 2 aliphatic rings. The Bertz CT molecular complexity index is 2140. The van der Waals surface area contributed by atoms with Crippen LogP contribution in [0.15, 0.2) is 78.1 Å². The normalized spacial score (nSPS) is 17.2. The lowest BCUT2D eigenvalue weighted by Crippen LogP contribution is -2.51. The van der Waals surface area contributed by atoms with Crippen LogP contribution in [0.25, 0.3) is 21.9 Å². The van der Waals surface area contributed by atoms with Gasteiger partial charge in [0.1, 0.15) is 5.52 Å². The first-order valence-electron chi connectivity index (χ1n) is 18.9. The van der Waals surface area contributed by atoms with Gasteiger partial charge in [0.15, 0.2) is 5.52 Å². The van der Waals surface area contributed by atoms with Crippen LogP contribution in [0.2, 0.25) is 5.02 Å². The SMILES string of the molecule is CN1CCN(CCn2cc3ncn(CC4(O)CCN(C(=O)C(CCCNC(=O)c5ccc6c(Cl)ccnc6c5)Cc5ccccc5)CC4)c(=O)c3n2)CC1. The molecule has 3 aromatic heterocycles. The Labute approximate surface area is 319 Å². The van der Waals surface area contributed by atoms with E-state index in [0.717, 1.165) is 43.7 Å². The Morgan fingerprint density at radius 1 is 0.963 bits per heavy atom. The molecule has 284 valence electrons. The van der Waals surface area contributed by atoms with E-state index in [1.165, 1.54) is 10.9 Å². The summed E-state index contributed by atoms with van der Waals surface area (Å²) in [6.07, 6.45) is 7.38. The molecule has 2 saturated heterocycles. The Hall–Kier alpha value is -4.69. The number of hydrogen-bond donors (Lipinski definition) is 2. The van der Waals surface area contributed by atoms with Crippen LogP contribution in [0.1, 0.15) is 41.6 Å². The van der Waals surface area contributed by atoms with Gasteiger partial charge in [-0.2, -0.15) is 5.10 Å². The number of benzene rings is 2. The highest BCUT2D eigenvalue weighted by Crippen LogP contribution is 2.27. The average Bonchev–Trinajstić information content (AvgIpc) is 3.61. The van der Waals surface area contributed by atoms with Gasteiger partial charge in [-0.1, -0.05) is 48.0 Å². The molecule has 0 saturated carbocycles. The maximum atomic E-state index is 14.0. The van der Waals surface area contributed by atoms with E-state index in [0.29, 0.717) is 85.4 Å². The van der Waals surface area contributed by atoms with Crippen LogP contribution in [0.4, 0.5) is 0 Å². The van der Waals surface area contributed by atoms with E-state index in [2.05, 4.69) is 37.2 Å². The fraction of sp³-hybridized carbons (Fsp3) is 0.450. The summed E-state index contributed by atoms with van der Waals surface area (Å²) in [5.74, 6) is -0.460. The van der Waals surface area contributed by atoms with Crippen molar-refractivity contribution in [3.05, 3.63) is 99.8 Å². The molecule has 2 fully saturated rings. The zero-order valence-corrected chi connectivity index (χ0v) is 31.5. The third kappa shape index (κ3) is 8.98. The van der Waals surface area contributed by atoms with Gasteiger partial charge in [0, 0.05) is 75.4 Å². The van der Waals surface area contributed by atoms with Crippen molar-refractivity contribution in [3.8, 4) is 0 Å². The fourth-order valence-electron chi connectivity index (χ4n) is 7.52. The van der Waals surface area contributed by atoms with Gasteiger partial charge in [-0.25, -0.2) is 4.98 Å². The van der Waals surface area contributed by atoms with Gasteiger partial charge in [-0.15, -0.1) is 0 Å². The minimum Gasteiger partial charge on any atom is -0.388 e. The summed E-state index contributed by atoms with van der Waals surface area (Å²) < 4.78 is 3.24. The topological polar surface area (TPSA) is 142 Å². The quantitative estimate of drug-likeness (QED) is 0.173. The summed E-state index contributed by atoms with van der Waals surface area (Å²) in [5, 5.41) is 20.6. The maximum absolute atomic E-state index is 14.0. The van der Waals surface area contributed by atoms with Crippen molar-refractivity contribution in [3.63, 3.8) is 0 Å². The smallest absolute Gasteiger partial charge is 0.281 e. The Balaban J connectivity index is 0.936. The van der Waals surface area contributed by atoms with Crippen molar-refractivity contribution in [1.29, 1.82) is 0 Å². The Kier molecular flexibility index (Phi) is 11.7. The standard InChI is InChI=1S/C40H48ClN9O4/c1-46-18-20-47(21-19-46)22-23-50-26-35-36(45-50)39(53)49(28-44-35)27-40(54)12-16-48(17-13-40)38(52)31(24-29-6-3-2-4-7-29)8-5-14-43-37(51)30-9-10-32-33(41)11-15-42-34(32)25-30/h2-4,6-7,9-11,15,25-26,28,31,54H,5,8,12-14,16-24,27H2,1H3,(H,43,51). The second-order valence-electron chi connectivity index (χ2n) is 14.8. The van der Waals surface area contributed by atoms with Gasteiger partial charge in [0.25, 0.3) is 11.5 Å². The molecule has 13 nitrogen and oxygen atoms in total. The zero-order chi connectivity index (χ0) is 37.7. The summed E-state index contributed by atoms with van der Waals surface area (Å²) in [4.78, 5) is 55.8. The number of pyridine rings is 1. The lowest BCUT2D eigenvalue weighted by atomic mass is 9.88. The van der Waals surface area contributed by atoms with Crippen LogP contribution >= 0.6 is 11.6 Å². The van der Waals surface area contributed by atoms with Gasteiger partial charge in [-0.05, 0) is 62.9 Å². The van der Waals surface area contributed by atoms with Gasteiger partial charge < -0.3 is 20.2 Å². The van der Waals surface area contributed by atoms with Crippen molar-refractivity contribution in [2.24, 2.45) is 5.92 Å². The van der Waals surface area contributed by atoms with E-state index < -0.39 is 5.60 Å². The summed E-state index contributed by atoms with van der Waals surface area (Å²) in [6, 6.07) is 16.9. The van der Waals surface area contributed by atoms with E-state index >= 15 is 0 Å². The number of carbonyl (C=O) groups is 2. The number of carbonyl (C=O) groups excluding carboxylic acids is 2. The van der Waals surface area contributed by atoms with E-state index in [1.807, 2.05) is 41.4 Å². The number of halogens is 1. The number of hydrogen-bond acceptors (Lipinski definition) is 9. The third-order valence-electron chi connectivity index (χ3n) is 10.9. The lowest BCUT2D eigenvalue weighted by Gasteiger charge is -2.39. The molecule has 0 spiro atoms. The Morgan fingerprint density at radius 2 is 1.74 bits per heavy atom. The number of aliphatic hydroxyl groups is 1. The van der Waals surface area contributed by atoms with Crippen LogP contribution in [0.3, 0.4) is 0 Å². The van der Waals surface area contributed by atoms with Crippen molar-refractivity contribution in [2.75, 3.05) is 59.4 Å². The molecule has 5 aromatic rings. The lowest BCUT2D eigenvalue weighted by molar-refractivity contribution is -0.140. The largest absolute Gasteiger partial charge is 0.388 e. The van der Waals surface area contributed by atoms with Crippen molar-refractivity contribution >= 4 is 45.4 Å². The highest BCUT2D eigenvalue weighted by atomic mass is 35.5. The molecule has 14 heteroatoms. The first-order valence-corrected chi connectivity index (χ1v) is 19.2. The zero-order valence-electron chi connectivity index (χ0n) is 30.7. The summed E-state index contributed by atoms with van der Waals surface area (Å²) in [5.41, 5.74) is 1.62. The molecular formula is C40H48ClN9O4. The summed E-state index contributed by atoms with van der Waals surface area (Å²) in [7, 11) is 2.13. The minimum atomic E-state index is -1.16. The predicted molar refractivity (Wildman–Crippen MR) is 208 cm³/mol. The highest BCUT2D eigenvalue weighted by Gasteiger charge is 2.36. The molecule has 5 heterocycles. The van der Waals surface area contributed by atoms with E-state index in [1.54, 1.807) is 35.1 Å². The molecule has 54 heavy (non-hydrogen) atoms. The third-order valence-corrected chi connectivity index (χ3v) is 11.2. The summed E-state index contributed by atoms with van der Waals surface area (Å²) in [6.45, 7) is 6.89. The van der Waals surface area contributed by atoms with Gasteiger partial charge in [0.05, 0.1) is 41.8 Å². The summed E-state index contributed by atoms with van der Waals surface area (Å²) >= 11 is 6.26. The van der Waals surface area contributed by atoms with Crippen molar-refractivity contribution in [2.45, 2.75) is 50.8 Å². The second kappa shape index (κ2) is 16.8. The first-order chi connectivity index (χ1) is 26.1. The number of amides is 2. The first kappa shape index (κ1) is 37.6. The van der Waals surface area contributed by atoms with E-state index in [4.69, 9.17) is 11.6 Å². The van der Waals surface area contributed by atoms with Gasteiger partial charge in [-0.3, -0.25) is 33.5 Å². The number of rotatable bonds is 13. The number of nitrogens with zero attached hydrogens (tertiary/aromatic N) is 8. The number of aromatic nitrogens is 5. The highest BCUT2D eigenvalue weighted by molar-refractivity contribution is 6.35. The maximum Gasteiger partial charge on any atom is 0.281 e. The molecule has 2 amide bonds. The molecular weight excluding hydrogens is 706 g/mol. The van der Waals surface area contributed by atoms with Crippen LogP contribution < -0.4 is 10.9 Å². The van der Waals surface area contributed by atoms with Crippen molar-refractivity contribution < 1.29 is 14.7 Å². The van der Waals surface area contributed by atoms with Crippen LogP contribution in [-0.4, -0.2) is 121 Å². The number of fused-ring (bicyclic) bond motifs is 2. The molecule has 0 bridgehead atoms. The Morgan fingerprint density at radius 3 is 2.52 bits per heavy atom. The van der Waals surface area contributed by atoms with Crippen LogP contribution in [-0.2, 0) is 24.3 Å². The van der Waals surface area contributed by atoms with E-state index in [-0.39, 0.29) is 29.8 Å². The molecule has 2 aliphatic heterocycles. The number of likely N-dealkylation sites (tertiary alicyclic amines) is 1. The van der Waals surface area contributed by atoms with Gasteiger partial charge >= 0.3 is 0 Å². The number of piperidine rings is 1. The molecule has 7 rings (SSSR count). The molecule has 0 aliphatic carbocycles. The average molecular weight is 754 g/mol. The number of likely N-dealkylation sites (N-methyl/N-ethyl adjacent to an activating group) is 1. The van der Waals surface area contributed by atoms with Crippen LogP contribution in [0.5, 0.6) is 0 Å². The predicted octanol–water partition coefficient (Wildman–Crippen LogP) is 3.46. The monoisotopic (exact) mass is 753 g/mol. The number of nitrogens with one attached hydrogen (secondary N) is 1. The minimum absolute atomic E-state index is 0.0343. The molecule has 1 atom stereocenters. The van der Waals surface area contributed by atoms with Crippen LogP contribution in [0, 0.1) is 5.92 Å². The molecule has 2 aromatic carbocycles. The molecule has 2 N–H and O–H groups in total. The number of piperazine rings is 1.